The lowest BCUT2D eigenvalue weighted by atomic mass is 10.1. The molecule has 0 saturated carbocycles. The monoisotopic (exact) mass is 420 g/mol. The normalized spacial score (nSPS) is 12.3. The molecule has 0 bridgehead atoms. The predicted molar refractivity (Wildman–Crippen MR) is 120 cm³/mol. The van der Waals surface area contributed by atoms with Crippen molar-refractivity contribution in [1.29, 1.82) is 0 Å². The molecule has 1 N–H and O–H groups in total. The second-order valence-electron chi connectivity index (χ2n) is 7.37. The van der Waals surface area contributed by atoms with E-state index in [9.17, 15) is 4.39 Å². The fourth-order valence-corrected chi connectivity index (χ4v) is 3.63. The summed E-state index contributed by atoms with van der Waals surface area (Å²) in [7, 11) is 3.29. The third-order valence-electron chi connectivity index (χ3n) is 5.20. The van der Waals surface area contributed by atoms with Gasteiger partial charge in [-0.15, -0.1) is 0 Å². The molecule has 6 nitrogen and oxygen atoms in total. The van der Waals surface area contributed by atoms with Gasteiger partial charge in [0.2, 0.25) is 0 Å². The summed E-state index contributed by atoms with van der Waals surface area (Å²) in [6, 6.07) is 14.7. The molecule has 7 heteroatoms. The number of benzene rings is 2. The maximum absolute atomic E-state index is 13.6. The molecule has 2 heterocycles. The van der Waals surface area contributed by atoms with Gasteiger partial charge in [0.25, 0.3) is 0 Å². The fourth-order valence-electron chi connectivity index (χ4n) is 3.63. The number of nitrogens with zero attached hydrogens (tertiary/aromatic N) is 3. The second-order valence-corrected chi connectivity index (χ2v) is 7.37. The van der Waals surface area contributed by atoms with Gasteiger partial charge in [-0.05, 0) is 42.3 Å². The zero-order valence-corrected chi connectivity index (χ0v) is 17.8. The summed E-state index contributed by atoms with van der Waals surface area (Å²) in [6.45, 7) is 3.04. The Balaban J connectivity index is 1.86. The van der Waals surface area contributed by atoms with Gasteiger partial charge in [0.15, 0.2) is 5.65 Å². The van der Waals surface area contributed by atoms with E-state index in [1.807, 2.05) is 22.9 Å². The first-order chi connectivity index (χ1) is 15.1. The standard InChI is InChI=1S/C24H25FN4O2/c1-16-5-4-6-19(11-16)29-13-21(17-7-9-18(25)10-8-17)22-23(27-15-28-24(22)29)26-12-20(31-3)14-30-2/h4-11,13,15,20H,12,14H2,1-3H3,(H,26,27,28). The van der Waals surface area contributed by atoms with Crippen molar-refractivity contribution in [3.8, 4) is 16.8 Å². The lowest BCUT2D eigenvalue weighted by Crippen LogP contribution is -2.27. The van der Waals surface area contributed by atoms with Crippen LogP contribution < -0.4 is 5.32 Å². The Morgan fingerprint density at radius 3 is 2.61 bits per heavy atom. The molecule has 0 aliphatic rings. The van der Waals surface area contributed by atoms with E-state index >= 15 is 0 Å². The van der Waals surface area contributed by atoms with Gasteiger partial charge in [0.05, 0.1) is 18.1 Å². The average Bonchev–Trinajstić information content (AvgIpc) is 3.17. The van der Waals surface area contributed by atoms with E-state index in [0.717, 1.165) is 33.4 Å². The topological polar surface area (TPSA) is 61.2 Å². The third-order valence-corrected chi connectivity index (χ3v) is 5.20. The van der Waals surface area contributed by atoms with Crippen LogP contribution in [0.1, 0.15) is 5.56 Å². The number of rotatable bonds is 8. The summed E-state index contributed by atoms with van der Waals surface area (Å²) < 4.78 is 26.3. The highest BCUT2D eigenvalue weighted by Crippen LogP contribution is 2.35. The van der Waals surface area contributed by atoms with Crippen LogP contribution in [0, 0.1) is 12.7 Å². The zero-order chi connectivity index (χ0) is 21.8. The number of halogens is 1. The van der Waals surface area contributed by atoms with Gasteiger partial charge >= 0.3 is 0 Å². The van der Waals surface area contributed by atoms with Crippen LogP contribution in [-0.2, 0) is 9.47 Å². The highest BCUT2D eigenvalue weighted by Gasteiger charge is 2.18. The molecule has 4 rings (SSSR count). The van der Waals surface area contributed by atoms with Crippen LogP contribution in [0.15, 0.2) is 61.1 Å². The number of ether oxygens (including phenoxy) is 2. The number of hydrogen-bond donors (Lipinski definition) is 1. The third kappa shape index (κ3) is 4.42. The molecule has 2 aromatic heterocycles. The van der Waals surface area contributed by atoms with E-state index in [0.29, 0.717) is 19.0 Å². The molecule has 1 atom stereocenters. The van der Waals surface area contributed by atoms with E-state index in [1.165, 1.54) is 12.1 Å². The highest BCUT2D eigenvalue weighted by atomic mass is 19.1. The molecule has 0 aliphatic heterocycles. The van der Waals surface area contributed by atoms with Gasteiger partial charge in [-0.25, -0.2) is 14.4 Å². The minimum atomic E-state index is -0.275. The minimum absolute atomic E-state index is 0.122. The fraction of sp³-hybridized carbons (Fsp3) is 0.250. The minimum Gasteiger partial charge on any atom is -0.382 e. The van der Waals surface area contributed by atoms with Crippen molar-refractivity contribution in [1.82, 2.24) is 14.5 Å². The van der Waals surface area contributed by atoms with E-state index in [4.69, 9.17) is 9.47 Å². The number of aryl methyl sites for hydroxylation is 1. The Hall–Kier alpha value is -3.29. The average molecular weight is 420 g/mol. The van der Waals surface area contributed by atoms with Gasteiger partial charge in [0.1, 0.15) is 18.0 Å². The summed E-state index contributed by atoms with van der Waals surface area (Å²) in [5.41, 5.74) is 4.72. The van der Waals surface area contributed by atoms with Crippen LogP contribution in [0.4, 0.5) is 10.2 Å². The SMILES string of the molecule is COCC(CNc1ncnc2c1c(-c1ccc(F)cc1)cn2-c1cccc(C)c1)OC. The summed E-state index contributed by atoms with van der Waals surface area (Å²) in [4.78, 5) is 9.07. The summed E-state index contributed by atoms with van der Waals surface area (Å²) in [5, 5.41) is 4.24. The first-order valence-electron chi connectivity index (χ1n) is 10.1. The molecular formula is C24H25FN4O2. The Bertz CT molecular complexity index is 1170. The Kier molecular flexibility index (Phi) is 6.25. The lowest BCUT2D eigenvalue weighted by molar-refractivity contribution is 0.0365. The highest BCUT2D eigenvalue weighted by molar-refractivity contribution is 6.02. The van der Waals surface area contributed by atoms with Gasteiger partial charge in [0, 0.05) is 38.2 Å². The molecule has 160 valence electrons. The summed E-state index contributed by atoms with van der Waals surface area (Å²) >= 11 is 0. The van der Waals surface area contributed by atoms with Gasteiger partial charge in [-0.1, -0.05) is 24.3 Å². The van der Waals surface area contributed by atoms with Crippen molar-refractivity contribution in [3.05, 3.63) is 72.4 Å². The quantitative estimate of drug-likeness (QED) is 0.451. The maximum Gasteiger partial charge on any atom is 0.150 e. The summed E-state index contributed by atoms with van der Waals surface area (Å²) in [6.07, 6.45) is 3.45. The molecule has 0 aliphatic carbocycles. The first-order valence-corrected chi connectivity index (χ1v) is 10.1. The molecule has 1 unspecified atom stereocenters. The molecule has 2 aromatic carbocycles. The van der Waals surface area contributed by atoms with Crippen LogP contribution >= 0.6 is 0 Å². The van der Waals surface area contributed by atoms with Crippen LogP contribution in [-0.4, -0.2) is 48.0 Å². The number of fused-ring (bicyclic) bond motifs is 1. The second kappa shape index (κ2) is 9.24. The van der Waals surface area contributed by atoms with E-state index in [-0.39, 0.29) is 11.9 Å². The largest absolute Gasteiger partial charge is 0.382 e. The predicted octanol–water partition coefficient (Wildman–Crippen LogP) is 4.61. The number of methoxy groups -OCH3 is 2. The first kappa shape index (κ1) is 21.0. The van der Waals surface area contributed by atoms with Crippen LogP contribution in [0.3, 0.4) is 0 Å². The van der Waals surface area contributed by atoms with Crippen LogP contribution in [0.5, 0.6) is 0 Å². The van der Waals surface area contributed by atoms with E-state index in [2.05, 4.69) is 34.3 Å². The van der Waals surface area contributed by atoms with Crippen molar-refractivity contribution < 1.29 is 13.9 Å². The number of anilines is 1. The van der Waals surface area contributed by atoms with Gasteiger partial charge in [-0.3, -0.25) is 0 Å². The molecule has 31 heavy (non-hydrogen) atoms. The molecule has 0 spiro atoms. The maximum atomic E-state index is 13.6. The van der Waals surface area contributed by atoms with Crippen molar-refractivity contribution >= 4 is 16.9 Å². The van der Waals surface area contributed by atoms with E-state index < -0.39 is 0 Å². The Morgan fingerprint density at radius 1 is 1.10 bits per heavy atom. The van der Waals surface area contributed by atoms with E-state index in [1.54, 1.807) is 32.7 Å². The number of aromatic nitrogens is 3. The van der Waals surface area contributed by atoms with Crippen LogP contribution in [0.2, 0.25) is 0 Å². The number of nitrogens with one attached hydrogen (secondary N) is 1. The molecular weight excluding hydrogens is 395 g/mol. The Labute approximate surface area is 180 Å². The van der Waals surface area contributed by atoms with Crippen molar-refractivity contribution in [2.75, 3.05) is 32.7 Å². The van der Waals surface area contributed by atoms with Crippen molar-refractivity contribution in [2.45, 2.75) is 13.0 Å². The molecule has 0 radical (unpaired) electrons. The molecule has 0 amide bonds. The molecule has 0 fully saturated rings. The lowest BCUT2D eigenvalue weighted by Gasteiger charge is -2.16. The van der Waals surface area contributed by atoms with Crippen LogP contribution in [0.25, 0.3) is 27.8 Å². The molecule has 0 saturated heterocycles. The smallest absolute Gasteiger partial charge is 0.150 e. The number of hydrogen-bond acceptors (Lipinski definition) is 5. The van der Waals surface area contributed by atoms with Gasteiger partial charge in [-0.2, -0.15) is 0 Å². The molecule has 4 aromatic rings. The van der Waals surface area contributed by atoms with Crippen molar-refractivity contribution in [2.24, 2.45) is 0 Å². The Morgan fingerprint density at radius 2 is 1.90 bits per heavy atom. The van der Waals surface area contributed by atoms with Gasteiger partial charge < -0.3 is 19.4 Å². The van der Waals surface area contributed by atoms with Crippen molar-refractivity contribution in [3.63, 3.8) is 0 Å². The zero-order valence-electron chi connectivity index (χ0n) is 17.8. The summed E-state index contributed by atoms with van der Waals surface area (Å²) in [5.74, 6) is 0.414.